The number of aromatic carboxylic acids is 1. The van der Waals surface area contributed by atoms with E-state index in [1.165, 1.54) is 0 Å². The molecule has 5 nitrogen and oxygen atoms in total. The van der Waals surface area contributed by atoms with Crippen molar-refractivity contribution in [2.45, 2.75) is 6.61 Å². The van der Waals surface area contributed by atoms with Crippen LogP contribution < -0.4 is 4.74 Å². The molecule has 0 unspecified atom stereocenters. The highest BCUT2D eigenvalue weighted by molar-refractivity contribution is 6.35. The first-order valence-electron chi connectivity index (χ1n) is 6.89. The molecule has 0 spiro atoms. The molecule has 0 saturated carbocycles. The zero-order chi connectivity index (χ0) is 16.6. The fourth-order valence-corrected chi connectivity index (χ4v) is 2.68. The largest absolute Gasteiger partial charge is 0.477 e. The number of rotatable bonds is 4. The van der Waals surface area contributed by atoms with Gasteiger partial charge in [0.1, 0.15) is 17.2 Å². The van der Waals surface area contributed by atoms with E-state index >= 15 is 0 Å². The third-order valence-corrected chi connectivity index (χ3v) is 3.96. The van der Waals surface area contributed by atoms with Gasteiger partial charge in [0, 0.05) is 24.6 Å². The minimum absolute atomic E-state index is 0.0284. The Kier molecular flexibility index (Phi) is 3.98. The zero-order valence-electron chi connectivity index (χ0n) is 12.3. The summed E-state index contributed by atoms with van der Waals surface area (Å²) >= 11 is 6.25. The summed E-state index contributed by atoms with van der Waals surface area (Å²) in [4.78, 5) is 11.2. The minimum Gasteiger partial charge on any atom is -0.477 e. The molecule has 0 aliphatic rings. The number of fused-ring (bicyclic) bond motifs is 1. The normalized spacial score (nSPS) is 10.9. The highest BCUT2D eigenvalue weighted by Crippen LogP contribution is 2.33. The van der Waals surface area contributed by atoms with Crippen LogP contribution in [0.4, 0.5) is 0 Å². The third kappa shape index (κ3) is 2.88. The Labute approximate surface area is 137 Å². The Morgan fingerprint density at radius 1 is 1.17 bits per heavy atom. The van der Waals surface area contributed by atoms with Crippen molar-refractivity contribution >= 4 is 28.5 Å². The van der Waals surface area contributed by atoms with Gasteiger partial charge in [0.25, 0.3) is 0 Å². The molecule has 2 N–H and O–H groups in total. The summed E-state index contributed by atoms with van der Waals surface area (Å²) in [5.74, 6) is 0.101. The first-order chi connectivity index (χ1) is 11.0. The number of hydrogen-bond acceptors (Lipinski definition) is 3. The number of aryl methyl sites for hydroxylation is 1. The zero-order valence-corrected chi connectivity index (χ0v) is 13.0. The number of aliphatic hydroxyl groups excluding tert-OH is 1. The summed E-state index contributed by atoms with van der Waals surface area (Å²) < 4.78 is 7.33. The van der Waals surface area contributed by atoms with E-state index in [1.54, 1.807) is 54.1 Å². The molecule has 3 aromatic rings. The van der Waals surface area contributed by atoms with Crippen molar-refractivity contribution in [1.82, 2.24) is 4.57 Å². The van der Waals surface area contributed by atoms with Crippen LogP contribution in [0.1, 0.15) is 16.1 Å². The maximum absolute atomic E-state index is 11.2. The molecular formula is C17H14ClNO4. The summed E-state index contributed by atoms with van der Waals surface area (Å²) in [6.07, 6.45) is 0. The van der Waals surface area contributed by atoms with Crippen molar-refractivity contribution in [3.05, 3.63) is 58.7 Å². The van der Waals surface area contributed by atoms with Crippen molar-refractivity contribution in [2.75, 3.05) is 0 Å². The van der Waals surface area contributed by atoms with E-state index < -0.39 is 5.97 Å². The van der Waals surface area contributed by atoms with Gasteiger partial charge in [-0.15, -0.1) is 0 Å². The van der Waals surface area contributed by atoms with Gasteiger partial charge in [-0.05, 0) is 23.8 Å². The van der Waals surface area contributed by atoms with Gasteiger partial charge in [-0.2, -0.15) is 0 Å². The molecule has 23 heavy (non-hydrogen) atoms. The Bertz CT molecular complexity index is 884. The Morgan fingerprint density at radius 2 is 1.87 bits per heavy atom. The second-order valence-corrected chi connectivity index (χ2v) is 5.54. The van der Waals surface area contributed by atoms with Crippen molar-refractivity contribution in [2.24, 2.45) is 7.05 Å². The van der Waals surface area contributed by atoms with Crippen molar-refractivity contribution < 1.29 is 19.7 Å². The standard InChI is InChI=1S/C17H14ClNO4/c1-19-15-7-12(23-11-4-2-10(9-20)3-5-11)6-14(18)13(15)8-16(19)17(21)22/h2-8,20H,9H2,1H3,(H,21,22). The predicted molar refractivity (Wildman–Crippen MR) is 87.3 cm³/mol. The number of ether oxygens (including phenoxy) is 1. The van der Waals surface area contributed by atoms with Gasteiger partial charge in [0.05, 0.1) is 17.1 Å². The number of halogens is 1. The lowest BCUT2D eigenvalue weighted by Crippen LogP contribution is -2.03. The number of carboxylic acids is 1. The van der Waals surface area contributed by atoms with Gasteiger partial charge < -0.3 is 19.5 Å². The van der Waals surface area contributed by atoms with Crippen LogP contribution in [0.2, 0.25) is 5.02 Å². The number of benzene rings is 2. The molecule has 1 heterocycles. The average molecular weight is 332 g/mol. The number of hydrogen-bond donors (Lipinski definition) is 2. The molecule has 1 aromatic heterocycles. The van der Waals surface area contributed by atoms with E-state index in [9.17, 15) is 9.90 Å². The van der Waals surface area contributed by atoms with Crippen LogP contribution >= 0.6 is 11.6 Å². The van der Waals surface area contributed by atoms with Gasteiger partial charge >= 0.3 is 5.97 Å². The molecule has 0 fully saturated rings. The molecule has 0 saturated heterocycles. The minimum atomic E-state index is -1.01. The molecule has 0 aliphatic carbocycles. The second kappa shape index (κ2) is 5.95. The van der Waals surface area contributed by atoms with Crippen molar-refractivity contribution in [3.63, 3.8) is 0 Å². The number of carboxylic acid groups (broad SMARTS) is 1. The SMILES string of the molecule is Cn1c(C(=O)O)cc2c(Cl)cc(Oc3ccc(CO)cc3)cc21. The highest BCUT2D eigenvalue weighted by atomic mass is 35.5. The molecule has 2 aromatic carbocycles. The summed E-state index contributed by atoms with van der Waals surface area (Å²) in [6, 6.07) is 12.0. The number of aromatic nitrogens is 1. The van der Waals surface area contributed by atoms with E-state index in [1.807, 2.05) is 0 Å². The Balaban J connectivity index is 2.01. The molecule has 118 valence electrons. The summed E-state index contributed by atoms with van der Waals surface area (Å²) in [7, 11) is 1.67. The fraction of sp³-hybridized carbons (Fsp3) is 0.118. The summed E-state index contributed by atoms with van der Waals surface area (Å²) in [5, 5.41) is 19.3. The van der Waals surface area contributed by atoms with Crippen LogP contribution in [-0.4, -0.2) is 20.7 Å². The van der Waals surface area contributed by atoms with Gasteiger partial charge in [-0.25, -0.2) is 4.79 Å². The summed E-state index contributed by atoms with van der Waals surface area (Å²) in [5.41, 5.74) is 1.63. The van der Waals surface area contributed by atoms with Gasteiger partial charge in [-0.1, -0.05) is 23.7 Å². The van der Waals surface area contributed by atoms with Crippen molar-refractivity contribution in [1.29, 1.82) is 0 Å². The fourth-order valence-electron chi connectivity index (χ4n) is 2.43. The van der Waals surface area contributed by atoms with Gasteiger partial charge in [0.2, 0.25) is 0 Å². The maximum atomic E-state index is 11.2. The lowest BCUT2D eigenvalue weighted by Gasteiger charge is -2.08. The van der Waals surface area contributed by atoms with Crippen LogP contribution in [0.15, 0.2) is 42.5 Å². The van der Waals surface area contributed by atoms with Crippen LogP contribution in [-0.2, 0) is 13.7 Å². The van der Waals surface area contributed by atoms with Crippen LogP contribution in [0, 0.1) is 0 Å². The molecule has 0 bridgehead atoms. The second-order valence-electron chi connectivity index (χ2n) is 5.14. The lowest BCUT2D eigenvalue weighted by molar-refractivity contribution is 0.0687. The molecule has 3 rings (SSSR count). The van der Waals surface area contributed by atoms with E-state index in [4.69, 9.17) is 21.4 Å². The topological polar surface area (TPSA) is 71.7 Å². The van der Waals surface area contributed by atoms with E-state index in [-0.39, 0.29) is 12.3 Å². The number of aliphatic hydroxyl groups is 1. The predicted octanol–water partition coefficient (Wildman–Crippen LogP) is 3.81. The molecule has 0 atom stereocenters. The van der Waals surface area contributed by atoms with Gasteiger partial charge in [0.15, 0.2) is 0 Å². The van der Waals surface area contributed by atoms with Crippen LogP contribution in [0.3, 0.4) is 0 Å². The van der Waals surface area contributed by atoms with Crippen molar-refractivity contribution in [3.8, 4) is 11.5 Å². The monoisotopic (exact) mass is 331 g/mol. The molecule has 0 radical (unpaired) electrons. The number of carbonyl (C=O) groups is 1. The lowest BCUT2D eigenvalue weighted by atomic mass is 10.2. The first-order valence-corrected chi connectivity index (χ1v) is 7.27. The summed E-state index contributed by atoms with van der Waals surface area (Å²) in [6.45, 7) is -0.0284. The van der Waals surface area contributed by atoms with Gasteiger partial charge in [-0.3, -0.25) is 0 Å². The first kappa shape index (κ1) is 15.4. The Morgan fingerprint density at radius 3 is 2.48 bits per heavy atom. The molecule has 0 aliphatic heterocycles. The molecule has 0 amide bonds. The number of nitrogens with zero attached hydrogens (tertiary/aromatic N) is 1. The van der Waals surface area contributed by atoms with E-state index in [0.717, 1.165) is 5.56 Å². The third-order valence-electron chi connectivity index (χ3n) is 3.65. The molecule has 6 heteroatoms. The maximum Gasteiger partial charge on any atom is 0.352 e. The van der Waals surface area contributed by atoms with Crippen LogP contribution in [0.25, 0.3) is 10.9 Å². The Hall–Kier alpha value is -2.50. The highest BCUT2D eigenvalue weighted by Gasteiger charge is 2.15. The van der Waals surface area contributed by atoms with Crippen LogP contribution in [0.5, 0.6) is 11.5 Å². The quantitative estimate of drug-likeness (QED) is 0.762. The molecular weight excluding hydrogens is 318 g/mol. The average Bonchev–Trinajstić information content (AvgIpc) is 2.86. The van der Waals surface area contributed by atoms with E-state index in [0.29, 0.717) is 27.4 Å². The van der Waals surface area contributed by atoms with E-state index in [2.05, 4.69) is 0 Å². The smallest absolute Gasteiger partial charge is 0.352 e.